The van der Waals surface area contributed by atoms with E-state index in [2.05, 4.69) is 38.6 Å². The van der Waals surface area contributed by atoms with E-state index in [9.17, 15) is 9.59 Å². The van der Waals surface area contributed by atoms with E-state index in [0.29, 0.717) is 12.3 Å². The van der Waals surface area contributed by atoms with Crippen molar-refractivity contribution in [2.24, 2.45) is 5.92 Å². The normalized spacial score (nSPS) is 13.6. The second kappa shape index (κ2) is 9.04. The molecule has 0 fully saturated rings. The average molecular weight is 322 g/mol. The molecule has 0 aliphatic rings. The zero-order valence-electron chi connectivity index (χ0n) is 14.3. The zero-order valence-corrected chi connectivity index (χ0v) is 14.3. The summed E-state index contributed by atoms with van der Waals surface area (Å²) in [6.07, 6.45) is 1.66. The number of carbonyl (C=O) groups is 2. The van der Waals surface area contributed by atoms with Gasteiger partial charge in [-0.3, -0.25) is 9.78 Å². The third-order valence-corrected chi connectivity index (χ3v) is 2.47. The first-order chi connectivity index (χ1) is 9.97. The zero-order chi connectivity index (χ0) is 17.4. The number of rotatable bonds is 8. The standard InChI is InChI=1S/C14H26O8/c1-8-10(2)9-14(6,7)20-22-18-12(16)11(15)17-21-19-13(3,4)5/h10H,8-9H2,1-7H3. The highest BCUT2D eigenvalue weighted by atomic mass is 17.5. The first kappa shape index (κ1) is 20.8. The Labute approximate surface area is 130 Å². The van der Waals surface area contributed by atoms with Crippen molar-refractivity contribution in [3.8, 4) is 0 Å². The molecule has 0 aromatic heterocycles. The SMILES string of the molecule is CCC(C)CC(C)(C)OOOC(=O)C(=O)OOOC(C)(C)C. The Bertz CT molecular complexity index is 358. The van der Waals surface area contributed by atoms with Crippen molar-refractivity contribution >= 4 is 11.9 Å². The van der Waals surface area contributed by atoms with Gasteiger partial charge in [-0.2, -0.15) is 9.78 Å². The topological polar surface area (TPSA) is 89.5 Å². The first-order valence-corrected chi connectivity index (χ1v) is 7.10. The Morgan fingerprint density at radius 1 is 0.909 bits per heavy atom. The van der Waals surface area contributed by atoms with Crippen molar-refractivity contribution in [1.29, 1.82) is 0 Å². The molecule has 0 spiro atoms. The van der Waals surface area contributed by atoms with Crippen LogP contribution < -0.4 is 0 Å². The lowest BCUT2D eigenvalue weighted by atomic mass is 9.93. The highest BCUT2D eigenvalue weighted by Crippen LogP contribution is 2.22. The van der Waals surface area contributed by atoms with Crippen LogP contribution in [0.15, 0.2) is 0 Å². The third-order valence-electron chi connectivity index (χ3n) is 2.47. The molecule has 0 N–H and O–H groups in total. The van der Waals surface area contributed by atoms with Gasteiger partial charge in [0.1, 0.15) is 5.60 Å². The lowest BCUT2D eigenvalue weighted by Gasteiger charge is -2.24. The molecule has 0 amide bonds. The summed E-state index contributed by atoms with van der Waals surface area (Å²) < 4.78 is 0. The van der Waals surface area contributed by atoms with E-state index in [1.165, 1.54) is 0 Å². The van der Waals surface area contributed by atoms with Crippen LogP contribution in [-0.4, -0.2) is 23.1 Å². The van der Waals surface area contributed by atoms with Gasteiger partial charge in [0.05, 0.1) is 5.60 Å². The molecule has 0 saturated carbocycles. The summed E-state index contributed by atoms with van der Waals surface area (Å²) in [6.45, 7) is 12.6. The second-order valence-corrected chi connectivity index (χ2v) is 6.63. The lowest BCUT2D eigenvalue weighted by molar-refractivity contribution is -0.525. The van der Waals surface area contributed by atoms with E-state index in [-0.39, 0.29) is 0 Å². The first-order valence-electron chi connectivity index (χ1n) is 7.10. The molecule has 0 radical (unpaired) electrons. The summed E-state index contributed by atoms with van der Waals surface area (Å²) in [4.78, 5) is 40.2. The maximum Gasteiger partial charge on any atom is 0.456 e. The Morgan fingerprint density at radius 2 is 1.36 bits per heavy atom. The monoisotopic (exact) mass is 322 g/mol. The Balaban J connectivity index is 4.00. The molecule has 8 nitrogen and oxygen atoms in total. The maximum absolute atomic E-state index is 11.2. The third kappa shape index (κ3) is 10.5. The highest BCUT2D eigenvalue weighted by molar-refractivity contribution is 6.29. The molecule has 1 atom stereocenters. The van der Waals surface area contributed by atoms with Crippen LogP contribution in [0.2, 0.25) is 0 Å². The van der Waals surface area contributed by atoms with E-state index in [4.69, 9.17) is 4.89 Å². The molecule has 0 aromatic carbocycles. The average Bonchev–Trinajstić information content (AvgIpc) is 2.35. The summed E-state index contributed by atoms with van der Waals surface area (Å²) in [6, 6.07) is 0. The van der Waals surface area contributed by atoms with Gasteiger partial charge in [0, 0.05) is 0 Å². The Kier molecular flexibility index (Phi) is 8.54. The lowest BCUT2D eigenvalue weighted by Crippen LogP contribution is -2.29. The molecule has 0 aliphatic carbocycles. The van der Waals surface area contributed by atoms with Crippen molar-refractivity contribution in [2.45, 2.75) is 72.5 Å². The minimum absolute atomic E-state index is 0.405. The van der Waals surface area contributed by atoms with Gasteiger partial charge in [0.15, 0.2) is 0 Å². The van der Waals surface area contributed by atoms with Crippen molar-refractivity contribution in [3.05, 3.63) is 0 Å². The van der Waals surface area contributed by atoms with Crippen LogP contribution in [0.4, 0.5) is 0 Å². The summed E-state index contributed by atoms with van der Waals surface area (Å²) >= 11 is 0. The number of hydrogen-bond acceptors (Lipinski definition) is 8. The smallest absolute Gasteiger partial charge is 0.255 e. The van der Waals surface area contributed by atoms with Gasteiger partial charge in [0.2, 0.25) is 0 Å². The molecule has 0 aliphatic heterocycles. The minimum atomic E-state index is -1.44. The van der Waals surface area contributed by atoms with Crippen LogP contribution in [-0.2, 0) is 39.2 Å². The molecule has 0 saturated heterocycles. The fourth-order valence-electron chi connectivity index (χ4n) is 1.38. The summed E-state index contributed by atoms with van der Waals surface area (Å²) in [5, 5.41) is 8.48. The van der Waals surface area contributed by atoms with Gasteiger partial charge in [-0.05, 0) is 57.0 Å². The molecule has 130 valence electrons. The Morgan fingerprint density at radius 3 is 1.77 bits per heavy atom. The van der Waals surface area contributed by atoms with E-state index in [1.807, 2.05) is 0 Å². The van der Waals surface area contributed by atoms with Crippen LogP contribution >= 0.6 is 0 Å². The molecule has 0 rings (SSSR count). The van der Waals surface area contributed by atoms with Crippen LogP contribution in [0.5, 0.6) is 0 Å². The fourth-order valence-corrected chi connectivity index (χ4v) is 1.38. The fraction of sp³-hybridized carbons (Fsp3) is 0.857. The van der Waals surface area contributed by atoms with Crippen LogP contribution in [0.1, 0.15) is 61.3 Å². The van der Waals surface area contributed by atoms with E-state index >= 15 is 0 Å². The molecular weight excluding hydrogens is 296 g/mol. The van der Waals surface area contributed by atoms with Gasteiger partial charge in [0.25, 0.3) is 0 Å². The van der Waals surface area contributed by atoms with Crippen molar-refractivity contribution in [3.63, 3.8) is 0 Å². The van der Waals surface area contributed by atoms with Gasteiger partial charge in [-0.25, -0.2) is 9.59 Å². The van der Waals surface area contributed by atoms with Crippen LogP contribution in [0.3, 0.4) is 0 Å². The number of hydrogen-bond donors (Lipinski definition) is 0. The highest BCUT2D eigenvalue weighted by Gasteiger charge is 2.27. The maximum atomic E-state index is 11.2. The van der Waals surface area contributed by atoms with Gasteiger partial charge in [-0.15, -0.1) is 0 Å². The molecule has 8 heteroatoms. The van der Waals surface area contributed by atoms with Crippen molar-refractivity contribution in [2.75, 3.05) is 0 Å². The van der Waals surface area contributed by atoms with E-state index in [1.54, 1.807) is 34.6 Å². The quantitative estimate of drug-likeness (QED) is 0.383. The molecule has 0 bridgehead atoms. The predicted molar refractivity (Wildman–Crippen MR) is 74.4 cm³/mol. The van der Waals surface area contributed by atoms with Gasteiger partial charge >= 0.3 is 11.9 Å². The van der Waals surface area contributed by atoms with Crippen LogP contribution in [0.25, 0.3) is 0 Å². The Hall–Kier alpha value is -1.22. The molecule has 0 heterocycles. The van der Waals surface area contributed by atoms with E-state index in [0.717, 1.165) is 6.42 Å². The summed E-state index contributed by atoms with van der Waals surface area (Å²) in [5.41, 5.74) is -1.38. The van der Waals surface area contributed by atoms with Gasteiger partial charge < -0.3 is 0 Å². The largest absolute Gasteiger partial charge is 0.456 e. The van der Waals surface area contributed by atoms with Gasteiger partial charge in [-0.1, -0.05) is 20.3 Å². The predicted octanol–water partition coefficient (Wildman–Crippen LogP) is 2.81. The number of carbonyl (C=O) groups excluding carboxylic acids is 2. The molecular formula is C14H26O8. The molecule has 0 aromatic rings. The van der Waals surface area contributed by atoms with Crippen LogP contribution in [0, 0.1) is 5.92 Å². The second-order valence-electron chi connectivity index (χ2n) is 6.63. The minimum Gasteiger partial charge on any atom is -0.255 e. The van der Waals surface area contributed by atoms with E-state index < -0.39 is 23.1 Å². The molecule has 1 unspecified atom stereocenters. The van der Waals surface area contributed by atoms with Crippen molar-refractivity contribution in [1.82, 2.24) is 0 Å². The summed E-state index contributed by atoms with van der Waals surface area (Å²) in [5.74, 6) is -2.47. The summed E-state index contributed by atoms with van der Waals surface area (Å²) in [7, 11) is 0. The van der Waals surface area contributed by atoms with Crippen molar-refractivity contribution < 1.29 is 39.2 Å². The molecule has 22 heavy (non-hydrogen) atoms.